The Bertz CT molecular complexity index is 783. The number of aliphatic hydroxyl groups is 2. The molecule has 0 amide bonds. The highest BCUT2D eigenvalue weighted by Crippen LogP contribution is 2.75. The zero-order chi connectivity index (χ0) is 18.5. The van der Waals surface area contributed by atoms with Crippen molar-refractivity contribution in [2.24, 2.45) is 22.7 Å². The summed E-state index contributed by atoms with van der Waals surface area (Å²) in [6, 6.07) is 0. The highest BCUT2D eigenvalue weighted by Gasteiger charge is 2.81. The predicted octanol–water partition coefficient (Wildman–Crippen LogP) is 1.72. The van der Waals surface area contributed by atoms with Crippen LogP contribution in [0.2, 0.25) is 0 Å². The summed E-state index contributed by atoms with van der Waals surface area (Å²) in [4.78, 5) is 24.3. The van der Waals surface area contributed by atoms with Crippen LogP contribution in [0, 0.1) is 22.7 Å². The molecular formula is C21H26O5. The van der Waals surface area contributed by atoms with E-state index in [4.69, 9.17) is 4.74 Å². The molecule has 5 heteroatoms. The zero-order valence-electron chi connectivity index (χ0n) is 15.3. The summed E-state index contributed by atoms with van der Waals surface area (Å²) in [6.07, 6.45) is 9.04. The van der Waals surface area contributed by atoms with Crippen LogP contribution in [0.3, 0.4) is 0 Å². The van der Waals surface area contributed by atoms with Gasteiger partial charge in [-0.2, -0.15) is 0 Å². The molecule has 0 bridgehead atoms. The number of allylic oxidation sites excluding steroid dienone is 2. The number of hydrogen-bond acceptors (Lipinski definition) is 5. The quantitative estimate of drug-likeness (QED) is 0.734. The maximum absolute atomic E-state index is 12.4. The lowest BCUT2D eigenvalue weighted by Crippen LogP contribution is -2.61. The Morgan fingerprint density at radius 2 is 2.08 bits per heavy atom. The molecule has 1 heterocycles. The van der Waals surface area contributed by atoms with Gasteiger partial charge in [0.15, 0.2) is 11.6 Å². The third-order valence-electron chi connectivity index (χ3n) is 8.69. The van der Waals surface area contributed by atoms with Gasteiger partial charge in [-0.3, -0.25) is 9.59 Å². The Labute approximate surface area is 153 Å². The highest BCUT2D eigenvalue weighted by molar-refractivity contribution is 6.01. The third-order valence-corrected chi connectivity index (χ3v) is 8.69. The van der Waals surface area contributed by atoms with Gasteiger partial charge in [-0.1, -0.05) is 18.6 Å². The number of ketones is 2. The van der Waals surface area contributed by atoms with Gasteiger partial charge in [-0.15, -0.1) is 0 Å². The van der Waals surface area contributed by atoms with Gasteiger partial charge in [0.1, 0.15) is 17.8 Å². The minimum absolute atomic E-state index is 0.0172. The largest absolute Gasteiger partial charge is 0.388 e. The fourth-order valence-electron chi connectivity index (χ4n) is 7.24. The molecule has 1 aliphatic heterocycles. The van der Waals surface area contributed by atoms with Gasteiger partial charge in [0.25, 0.3) is 0 Å². The molecule has 26 heavy (non-hydrogen) atoms. The molecule has 7 atom stereocenters. The molecule has 1 saturated heterocycles. The maximum atomic E-state index is 12.4. The molecule has 5 rings (SSSR count). The molecule has 1 spiro atoms. The van der Waals surface area contributed by atoms with Crippen LogP contribution >= 0.6 is 0 Å². The van der Waals surface area contributed by atoms with E-state index in [1.54, 1.807) is 12.2 Å². The molecule has 0 radical (unpaired) electrons. The molecule has 4 fully saturated rings. The molecule has 0 unspecified atom stereocenters. The van der Waals surface area contributed by atoms with E-state index in [1.807, 2.05) is 13.0 Å². The normalized spacial score (nSPS) is 53.9. The summed E-state index contributed by atoms with van der Waals surface area (Å²) in [6.45, 7) is 3.57. The number of aliphatic hydroxyl groups excluding tert-OH is 1. The second kappa shape index (κ2) is 4.75. The molecule has 0 aromatic rings. The molecule has 4 aliphatic carbocycles. The first-order chi connectivity index (χ1) is 12.2. The van der Waals surface area contributed by atoms with E-state index in [9.17, 15) is 19.8 Å². The first-order valence-electron chi connectivity index (χ1n) is 9.71. The minimum atomic E-state index is -1.46. The number of hydrogen-bond donors (Lipinski definition) is 2. The Kier molecular flexibility index (Phi) is 3.08. The van der Waals surface area contributed by atoms with Crippen molar-refractivity contribution in [2.75, 3.05) is 6.61 Å². The van der Waals surface area contributed by atoms with Gasteiger partial charge >= 0.3 is 0 Å². The summed E-state index contributed by atoms with van der Waals surface area (Å²) in [7, 11) is 0. The Morgan fingerprint density at radius 1 is 1.31 bits per heavy atom. The van der Waals surface area contributed by atoms with Crippen LogP contribution in [-0.2, 0) is 14.3 Å². The monoisotopic (exact) mass is 358 g/mol. The van der Waals surface area contributed by atoms with Crippen LogP contribution in [0.4, 0.5) is 0 Å². The van der Waals surface area contributed by atoms with Gasteiger partial charge in [-0.25, -0.2) is 0 Å². The Morgan fingerprint density at radius 3 is 2.81 bits per heavy atom. The second-order valence-electron chi connectivity index (χ2n) is 9.36. The lowest BCUT2D eigenvalue weighted by atomic mass is 9.47. The molecule has 0 aromatic heterocycles. The molecule has 5 aliphatic rings. The Balaban J connectivity index is 1.58. The average Bonchev–Trinajstić information content (AvgIpc) is 3.27. The number of ether oxygens (including phenoxy) is 1. The van der Waals surface area contributed by atoms with Crippen LogP contribution in [0.5, 0.6) is 0 Å². The van der Waals surface area contributed by atoms with Crippen molar-refractivity contribution in [1.29, 1.82) is 0 Å². The molecule has 0 aromatic carbocycles. The van der Waals surface area contributed by atoms with Crippen molar-refractivity contribution in [3.63, 3.8) is 0 Å². The smallest absolute Gasteiger partial charge is 0.190 e. The first-order valence-corrected chi connectivity index (χ1v) is 9.71. The minimum Gasteiger partial charge on any atom is -0.388 e. The number of carbonyl (C=O) groups is 2. The van der Waals surface area contributed by atoms with Crippen molar-refractivity contribution >= 4 is 11.6 Å². The summed E-state index contributed by atoms with van der Waals surface area (Å²) in [5.74, 6) is 0.0355. The lowest BCUT2D eigenvalue weighted by Gasteiger charge is -2.55. The second-order valence-corrected chi connectivity index (χ2v) is 9.36. The molecule has 2 N–H and O–H groups in total. The summed E-state index contributed by atoms with van der Waals surface area (Å²) in [5, 5.41) is 20.6. The van der Waals surface area contributed by atoms with Gasteiger partial charge in [0, 0.05) is 10.8 Å². The average molecular weight is 358 g/mol. The van der Waals surface area contributed by atoms with Crippen molar-refractivity contribution in [1.82, 2.24) is 0 Å². The first kappa shape index (κ1) is 16.8. The summed E-state index contributed by atoms with van der Waals surface area (Å²) >= 11 is 0. The van der Waals surface area contributed by atoms with Crippen LogP contribution in [-0.4, -0.2) is 45.7 Å². The van der Waals surface area contributed by atoms with Gasteiger partial charge in [-0.05, 0) is 63.0 Å². The predicted molar refractivity (Wildman–Crippen MR) is 93.2 cm³/mol. The summed E-state index contributed by atoms with van der Waals surface area (Å²) < 4.78 is 6.40. The third kappa shape index (κ3) is 1.60. The van der Waals surface area contributed by atoms with E-state index < -0.39 is 23.4 Å². The van der Waals surface area contributed by atoms with Gasteiger partial charge in [0.05, 0.1) is 6.10 Å². The molecule has 5 nitrogen and oxygen atoms in total. The van der Waals surface area contributed by atoms with Gasteiger partial charge < -0.3 is 14.9 Å². The van der Waals surface area contributed by atoms with Crippen molar-refractivity contribution in [2.45, 2.75) is 63.3 Å². The SMILES string of the molecule is C[C@]12C=CC(=O)C=C1CC[C@@H]1[C@@H]3CC[C@](O)(C(=O)CO)[C@]3(C)C[C@H]3O[C@]132. The maximum Gasteiger partial charge on any atom is 0.190 e. The number of Topliss-reactive ketones (excluding diaryl/α,β-unsaturated/α-hetero) is 1. The van der Waals surface area contributed by atoms with Crippen molar-refractivity contribution in [3.05, 3.63) is 23.8 Å². The molecular weight excluding hydrogens is 332 g/mol. The zero-order valence-corrected chi connectivity index (χ0v) is 15.3. The van der Waals surface area contributed by atoms with E-state index in [0.717, 1.165) is 24.8 Å². The fraction of sp³-hybridized carbons (Fsp3) is 0.714. The van der Waals surface area contributed by atoms with Crippen LogP contribution in [0.1, 0.15) is 46.0 Å². The molecule has 140 valence electrons. The summed E-state index contributed by atoms with van der Waals surface area (Å²) in [5.41, 5.74) is -1.45. The standard InChI is InChI=1S/C21H26O5/c1-18-7-5-13(23)9-12(18)3-4-15-14-6-8-20(25,16(24)11-22)19(14,2)10-17-21(15,18)26-17/h5,7,9,14-15,17,22,25H,3-4,6,8,10-11H2,1-2H3/t14-,15+,17+,18-,19+,20-,21+/m0/s1. The topological polar surface area (TPSA) is 87.1 Å². The lowest BCUT2D eigenvalue weighted by molar-refractivity contribution is -0.159. The van der Waals surface area contributed by atoms with Gasteiger partial charge in [0.2, 0.25) is 0 Å². The van der Waals surface area contributed by atoms with Crippen LogP contribution < -0.4 is 0 Å². The molecule has 3 saturated carbocycles. The van der Waals surface area contributed by atoms with E-state index in [2.05, 4.69) is 6.92 Å². The van der Waals surface area contributed by atoms with Crippen LogP contribution in [0.15, 0.2) is 23.8 Å². The number of rotatable bonds is 2. The Hall–Kier alpha value is -1.30. The number of fused-ring (bicyclic) bond motifs is 3. The van der Waals surface area contributed by atoms with E-state index in [1.165, 1.54) is 0 Å². The van der Waals surface area contributed by atoms with Crippen molar-refractivity contribution < 1.29 is 24.5 Å². The highest BCUT2D eigenvalue weighted by atomic mass is 16.6. The van der Waals surface area contributed by atoms with Crippen molar-refractivity contribution in [3.8, 4) is 0 Å². The van der Waals surface area contributed by atoms with E-state index >= 15 is 0 Å². The van der Waals surface area contributed by atoms with E-state index in [-0.39, 0.29) is 34.7 Å². The number of epoxide rings is 1. The van der Waals surface area contributed by atoms with Crippen LogP contribution in [0.25, 0.3) is 0 Å². The van der Waals surface area contributed by atoms with E-state index in [0.29, 0.717) is 12.8 Å². The number of carbonyl (C=O) groups excluding carboxylic acids is 2. The fourth-order valence-corrected chi connectivity index (χ4v) is 7.24.